The third-order valence-corrected chi connectivity index (χ3v) is 6.31. The van der Waals surface area contributed by atoms with Gasteiger partial charge in [-0.3, -0.25) is 14.5 Å². The van der Waals surface area contributed by atoms with Crippen LogP contribution in [0.25, 0.3) is 0 Å². The summed E-state index contributed by atoms with van der Waals surface area (Å²) in [5.74, 6) is 0.853. The van der Waals surface area contributed by atoms with E-state index in [0.717, 1.165) is 42.1 Å². The molecule has 9 heteroatoms. The Bertz CT molecular complexity index is 910. The second-order valence-electron chi connectivity index (χ2n) is 7.50. The number of nitrogens with zero attached hydrogens (tertiary/aromatic N) is 5. The minimum Gasteiger partial charge on any atom is -0.355 e. The lowest BCUT2D eigenvalue weighted by Crippen LogP contribution is -2.56. The molecule has 1 saturated heterocycles. The molecule has 1 N–H and O–H groups in total. The van der Waals surface area contributed by atoms with Crippen molar-refractivity contribution in [3.8, 4) is 0 Å². The maximum atomic E-state index is 12.7. The molecule has 2 aromatic rings. The molecule has 156 valence electrons. The first-order chi connectivity index (χ1) is 13.5. The summed E-state index contributed by atoms with van der Waals surface area (Å²) in [6, 6.07) is 8.42. The summed E-state index contributed by atoms with van der Waals surface area (Å²) in [5, 5.41) is 7.68. The zero-order chi connectivity index (χ0) is 19.7. The van der Waals surface area contributed by atoms with Gasteiger partial charge in [0.1, 0.15) is 6.54 Å². The quantitative estimate of drug-likeness (QED) is 0.348. The van der Waals surface area contributed by atoms with E-state index in [1.165, 1.54) is 5.56 Å². The number of nitrogens with one attached hydrogen (secondary N) is 1. The van der Waals surface area contributed by atoms with Gasteiger partial charge in [-0.1, -0.05) is 34.1 Å². The molecule has 1 aromatic heterocycles. The summed E-state index contributed by atoms with van der Waals surface area (Å²) in [7, 11) is 3.63. The van der Waals surface area contributed by atoms with Crippen LogP contribution in [0.2, 0.25) is 0 Å². The minimum absolute atomic E-state index is 0. The number of anilines is 1. The number of rotatable bonds is 4. The first-order valence-corrected chi connectivity index (χ1v) is 10.3. The summed E-state index contributed by atoms with van der Waals surface area (Å²) in [6.45, 7) is 2.50. The molecular formula is C20H26BrIN6O. The van der Waals surface area contributed by atoms with Crippen molar-refractivity contribution >= 4 is 57.5 Å². The molecule has 0 spiro atoms. The Kier molecular flexibility index (Phi) is 6.87. The molecule has 0 atom stereocenters. The topological polar surface area (TPSA) is 65.8 Å². The van der Waals surface area contributed by atoms with E-state index >= 15 is 0 Å². The van der Waals surface area contributed by atoms with Crippen LogP contribution in [0.3, 0.4) is 0 Å². The lowest BCUT2D eigenvalue weighted by atomic mass is 9.96. The Morgan fingerprint density at radius 2 is 2.07 bits per heavy atom. The SMILES string of the molecule is CN=C(NCC1(c2ccccc2Br)CC1)N1CCN(c2cnn(C)c2)C(=O)C1.I. The van der Waals surface area contributed by atoms with Crippen molar-refractivity contribution in [1.29, 1.82) is 0 Å². The molecule has 2 aliphatic rings. The van der Waals surface area contributed by atoms with Gasteiger partial charge in [0.15, 0.2) is 5.96 Å². The third kappa shape index (κ3) is 4.60. The fourth-order valence-corrected chi connectivity index (χ4v) is 4.54. The Balaban J connectivity index is 0.00000240. The fraction of sp³-hybridized carbons (Fsp3) is 0.450. The van der Waals surface area contributed by atoms with Crippen molar-refractivity contribution < 1.29 is 4.79 Å². The van der Waals surface area contributed by atoms with Crippen molar-refractivity contribution in [2.24, 2.45) is 12.0 Å². The number of carbonyl (C=O) groups excluding carboxylic acids is 1. The van der Waals surface area contributed by atoms with Crippen LogP contribution in [0.1, 0.15) is 18.4 Å². The van der Waals surface area contributed by atoms with Crippen LogP contribution < -0.4 is 10.2 Å². The third-order valence-electron chi connectivity index (χ3n) is 5.62. The average molecular weight is 573 g/mol. The Hall–Kier alpha value is -1.62. The number of hydrogen-bond acceptors (Lipinski definition) is 3. The maximum absolute atomic E-state index is 12.7. The molecule has 29 heavy (non-hydrogen) atoms. The Morgan fingerprint density at radius 3 is 2.66 bits per heavy atom. The summed E-state index contributed by atoms with van der Waals surface area (Å²) >= 11 is 3.69. The number of hydrogen-bond donors (Lipinski definition) is 1. The van der Waals surface area contributed by atoms with Crippen molar-refractivity contribution in [3.05, 3.63) is 46.7 Å². The first kappa shape index (κ1) is 22.1. The second-order valence-corrected chi connectivity index (χ2v) is 8.35. The van der Waals surface area contributed by atoms with Gasteiger partial charge in [0.05, 0.1) is 11.9 Å². The van der Waals surface area contributed by atoms with E-state index in [1.807, 2.05) is 24.2 Å². The Morgan fingerprint density at radius 1 is 1.31 bits per heavy atom. The highest BCUT2D eigenvalue weighted by Crippen LogP contribution is 2.49. The van der Waals surface area contributed by atoms with Crippen LogP contribution in [-0.2, 0) is 17.3 Å². The molecule has 2 fully saturated rings. The van der Waals surface area contributed by atoms with Gasteiger partial charge in [0, 0.05) is 49.8 Å². The largest absolute Gasteiger partial charge is 0.355 e. The second kappa shape index (κ2) is 9.03. The lowest BCUT2D eigenvalue weighted by Gasteiger charge is -2.35. The van der Waals surface area contributed by atoms with Crippen LogP contribution >= 0.6 is 39.9 Å². The fourth-order valence-electron chi connectivity index (χ4n) is 3.84. The molecule has 1 amide bonds. The van der Waals surface area contributed by atoms with Gasteiger partial charge in [-0.05, 0) is 24.5 Å². The van der Waals surface area contributed by atoms with E-state index < -0.39 is 0 Å². The van der Waals surface area contributed by atoms with E-state index in [9.17, 15) is 4.79 Å². The molecule has 1 aliphatic heterocycles. The van der Waals surface area contributed by atoms with Crippen LogP contribution in [-0.4, -0.2) is 59.8 Å². The van der Waals surface area contributed by atoms with E-state index in [2.05, 4.69) is 49.5 Å². The summed E-state index contributed by atoms with van der Waals surface area (Å²) in [6.07, 6.45) is 5.92. The number of benzene rings is 1. The predicted molar refractivity (Wildman–Crippen MR) is 129 cm³/mol. The van der Waals surface area contributed by atoms with Gasteiger partial charge >= 0.3 is 0 Å². The monoisotopic (exact) mass is 572 g/mol. The van der Waals surface area contributed by atoms with Crippen molar-refractivity contribution in [2.45, 2.75) is 18.3 Å². The first-order valence-electron chi connectivity index (χ1n) is 9.52. The normalized spacial score (nSPS) is 18.4. The molecule has 1 aromatic carbocycles. The molecule has 0 bridgehead atoms. The standard InChI is InChI=1S/C20H25BrN6O.HI/c1-22-19(23-14-20(7-8-20)16-5-3-4-6-17(16)21)26-9-10-27(18(28)13-26)15-11-24-25(2)12-15;/h3-6,11-12H,7-10,13-14H2,1-2H3,(H,22,23);1H. The highest BCUT2D eigenvalue weighted by Gasteiger charge is 2.45. The predicted octanol–water partition coefficient (Wildman–Crippen LogP) is 2.76. The number of piperazine rings is 1. The highest BCUT2D eigenvalue weighted by atomic mass is 127. The zero-order valence-electron chi connectivity index (χ0n) is 16.6. The molecule has 1 aliphatic carbocycles. The number of aromatic nitrogens is 2. The summed E-state index contributed by atoms with van der Waals surface area (Å²) in [4.78, 5) is 20.9. The van der Waals surface area contributed by atoms with Crippen LogP contribution in [0.15, 0.2) is 46.1 Å². The maximum Gasteiger partial charge on any atom is 0.246 e. The van der Waals surface area contributed by atoms with Crippen molar-refractivity contribution in [1.82, 2.24) is 20.0 Å². The summed E-state index contributed by atoms with van der Waals surface area (Å²) < 4.78 is 2.87. The van der Waals surface area contributed by atoms with Gasteiger partial charge in [0.2, 0.25) is 5.91 Å². The van der Waals surface area contributed by atoms with Gasteiger partial charge in [-0.15, -0.1) is 24.0 Å². The molecule has 0 unspecified atom stereocenters. The van der Waals surface area contributed by atoms with E-state index in [1.54, 1.807) is 22.8 Å². The highest BCUT2D eigenvalue weighted by molar-refractivity contribution is 14.0. The summed E-state index contributed by atoms with van der Waals surface area (Å²) in [5.41, 5.74) is 2.34. The average Bonchev–Trinajstić information content (AvgIpc) is 3.35. The van der Waals surface area contributed by atoms with Crippen molar-refractivity contribution in [2.75, 3.05) is 38.1 Å². The van der Waals surface area contributed by atoms with Crippen LogP contribution in [0.4, 0.5) is 5.69 Å². The van der Waals surface area contributed by atoms with Gasteiger partial charge in [-0.25, -0.2) is 0 Å². The van der Waals surface area contributed by atoms with Crippen molar-refractivity contribution in [3.63, 3.8) is 0 Å². The number of halogens is 2. The minimum atomic E-state index is 0. The smallest absolute Gasteiger partial charge is 0.246 e. The lowest BCUT2D eigenvalue weighted by molar-refractivity contribution is -0.120. The van der Waals surface area contributed by atoms with E-state index in [0.29, 0.717) is 13.1 Å². The van der Waals surface area contributed by atoms with E-state index in [4.69, 9.17) is 0 Å². The molecule has 2 heterocycles. The number of aliphatic imine (C=N–C) groups is 1. The Labute approximate surface area is 196 Å². The zero-order valence-corrected chi connectivity index (χ0v) is 20.6. The number of aryl methyl sites for hydroxylation is 1. The number of amides is 1. The van der Waals surface area contributed by atoms with Crippen LogP contribution in [0.5, 0.6) is 0 Å². The molecule has 1 saturated carbocycles. The molecule has 0 radical (unpaired) electrons. The van der Waals surface area contributed by atoms with Gasteiger partial charge in [0.25, 0.3) is 0 Å². The molecular weight excluding hydrogens is 547 g/mol. The number of carbonyl (C=O) groups is 1. The van der Waals surface area contributed by atoms with Gasteiger partial charge < -0.3 is 15.1 Å². The van der Waals surface area contributed by atoms with Crippen LogP contribution in [0, 0.1) is 0 Å². The molecule has 7 nitrogen and oxygen atoms in total. The number of guanidine groups is 1. The van der Waals surface area contributed by atoms with Gasteiger partial charge in [-0.2, -0.15) is 5.10 Å². The molecule has 4 rings (SSSR count). The van der Waals surface area contributed by atoms with E-state index in [-0.39, 0.29) is 35.3 Å².